The number of halogens is 1. The fourth-order valence-electron chi connectivity index (χ4n) is 2.54. The van der Waals surface area contributed by atoms with E-state index >= 15 is 0 Å². The van der Waals surface area contributed by atoms with E-state index in [1.165, 1.54) is 12.8 Å². The van der Waals surface area contributed by atoms with Crippen molar-refractivity contribution in [2.75, 3.05) is 6.54 Å². The number of unbranched alkanes of at least 4 members (excludes halogenated alkanes) is 1. The maximum absolute atomic E-state index is 6.39. The predicted molar refractivity (Wildman–Crippen MR) is 91.8 cm³/mol. The zero-order valence-corrected chi connectivity index (χ0v) is 14.0. The third-order valence-electron chi connectivity index (χ3n) is 4.14. The molecule has 2 aromatic rings. The highest BCUT2D eigenvalue weighted by atomic mass is 35.5. The molecule has 0 saturated heterocycles. The maximum atomic E-state index is 6.39. The topological polar surface area (TPSA) is 16.1 Å². The van der Waals surface area contributed by atoms with Gasteiger partial charge in [0.25, 0.3) is 0 Å². The molecule has 1 heterocycles. The second kappa shape index (κ2) is 7.77. The van der Waals surface area contributed by atoms with Crippen LogP contribution in [0.1, 0.15) is 45.6 Å². The number of para-hydroxylation sites is 1. The van der Waals surface area contributed by atoms with Crippen LogP contribution in [0.5, 0.6) is 0 Å². The van der Waals surface area contributed by atoms with Crippen molar-refractivity contribution in [3.8, 4) is 0 Å². The Balaban J connectivity index is 2.24. The molecule has 1 atom stereocenters. The maximum Gasteiger partial charge on any atom is 0.134 e. The first-order valence-corrected chi connectivity index (χ1v) is 8.31. The van der Waals surface area contributed by atoms with Crippen molar-refractivity contribution in [2.45, 2.75) is 52.6 Å². The number of nitrogens with zero attached hydrogens (tertiary/aromatic N) is 2. The van der Waals surface area contributed by atoms with Crippen LogP contribution < -0.4 is 0 Å². The number of benzene rings is 1. The highest BCUT2D eigenvalue weighted by Gasteiger charge is 2.15. The number of rotatable bonds is 7. The Morgan fingerprint density at radius 1 is 1.24 bits per heavy atom. The molecule has 0 spiro atoms. The fourth-order valence-corrected chi connectivity index (χ4v) is 2.75. The zero-order valence-electron chi connectivity index (χ0n) is 13.3. The van der Waals surface area contributed by atoms with E-state index in [-0.39, 0.29) is 0 Å². The Hall–Kier alpha value is -1.12. The van der Waals surface area contributed by atoms with Gasteiger partial charge < -0.3 is 0 Å². The van der Waals surface area contributed by atoms with Crippen molar-refractivity contribution in [1.29, 1.82) is 0 Å². The molecule has 1 aromatic heterocycles. The van der Waals surface area contributed by atoms with Gasteiger partial charge in [-0.15, -0.1) is 0 Å². The van der Waals surface area contributed by atoms with E-state index in [0.717, 1.165) is 36.0 Å². The van der Waals surface area contributed by atoms with Gasteiger partial charge in [-0.25, -0.2) is 4.98 Å². The first kappa shape index (κ1) is 16.3. The summed E-state index contributed by atoms with van der Waals surface area (Å²) >= 11 is 6.39. The summed E-state index contributed by atoms with van der Waals surface area (Å²) in [5, 5.41) is 1.80. The van der Waals surface area contributed by atoms with Gasteiger partial charge in [0.15, 0.2) is 0 Å². The molecule has 1 aromatic carbocycles. The molecule has 2 nitrogen and oxygen atoms in total. The van der Waals surface area contributed by atoms with Crippen molar-refractivity contribution >= 4 is 22.5 Å². The summed E-state index contributed by atoms with van der Waals surface area (Å²) in [5.41, 5.74) is 2.10. The second-order valence-corrected chi connectivity index (χ2v) is 6.07. The average Bonchev–Trinajstić information content (AvgIpc) is 2.51. The summed E-state index contributed by atoms with van der Waals surface area (Å²) in [6, 6.07) is 10.9. The minimum atomic E-state index is 0.569. The van der Waals surface area contributed by atoms with E-state index in [0.29, 0.717) is 11.2 Å². The van der Waals surface area contributed by atoms with Gasteiger partial charge in [-0.2, -0.15) is 0 Å². The number of hydrogen-bond donors (Lipinski definition) is 0. The lowest BCUT2D eigenvalue weighted by molar-refractivity contribution is 0.192. The van der Waals surface area contributed by atoms with Crippen LogP contribution in [0.25, 0.3) is 10.9 Å². The lowest BCUT2D eigenvalue weighted by atomic mass is 10.1. The lowest BCUT2D eigenvalue weighted by Gasteiger charge is -2.28. The SMILES string of the molecule is CCCCN(Cc1cc2ccccc2nc1Cl)C(C)CC. The van der Waals surface area contributed by atoms with Crippen LogP contribution in [-0.2, 0) is 6.54 Å². The highest BCUT2D eigenvalue weighted by molar-refractivity contribution is 6.30. The minimum Gasteiger partial charge on any atom is -0.296 e. The van der Waals surface area contributed by atoms with Gasteiger partial charge in [0, 0.05) is 23.5 Å². The Kier molecular flexibility index (Phi) is 6.01. The molecule has 21 heavy (non-hydrogen) atoms. The summed E-state index contributed by atoms with van der Waals surface area (Å²) in [5.74, 6) is 0. The van der Waals surface area contributed by atoms with Crippen LogP contribution >= 0.6 is 11.6 Å². The smallest absolute Gasteiger partial charge is 0.134 e. The summed E-state index contributed by atoms with van der Waals surface area (Å²) in [7, 11) is 0. The van der Waals surface area contributed by atoms with E-state index in [1.807, 2.05) is 18.2 Å². The molecule has 1 unspecified atom stereocenters. The van der Waals surface area contributed by atoms with E-state index in [2.05, 4.69) is 42.8 Å². The van der Waals surface area contributed by atoms with Crippen LogP contribution in [0.3, 0.4) is 0 Å². The van der Waals surface area contributed by atoms with E-state index in [4.69, 9.17) is 11.6 Å². The lowest BCUT2D eigenvalue weighted by Crippen LogP contribution is -2.33. The summed E-state index contributed by atoms with van der Waals surface area (Å²) in [6.07, 6.45) is 3.60. The molecular formula is C18H25ClN2. The van der Waals surface area contributed by atoms with Gasteiger partial charge in [-0.05, 0) is 38.4 Å². The van der Waals surface area contributed by atoms with Crippen LogP contribution in [0, 0.1) is 0 Å². The van der Waals surface area contributed by atoms with E-state index in [9.17, 15) is 0 Å². The van der Waals surface area contributed by atoms with Gasteiger partial charge in [-0.1, -0.05) is 50.1 Å². The Bertz CT molecular complexity index is 582. The molecule has 114 valence electrons. The Morgan fingerprint density at radius 2 is 2.00 bits per heavy atom. The summed E-state index contributed by atoms with van der Waals surface area (Å²) < 4.78 is 0. The number of hydrogen-bond acceptors (Lipinski definition) is 2. The quantitative estimate of drug-likeness (QED) is 0.646. The van der Waals surface area contributed by atoms with Gasteiger partial charge in [0.2, 0.25) is 0 Å². The molecular weight excluding hydrogens is 280 g/mol. The van der Waals surface area contributed by atoms with E-state index < -0.39 is 0 Å². The molecule has 0 saturated carbocycles. The summed E-state index contributed by atoms with van der Waals surface area (Å²) in [4.78, 5) is 7.05. The number of aromatic nitrogens is 1. The first-order valence-electron chi connectivity index (χ1n) is 7.93. The van der Waals surface area contributed by atoms with Crippen LogP contribution in [0.15, 0.2) is 30.3 Å². The monoisotopic (exact) mass is 304 g/mol. The van der Waals surface area contributed by atoms with Gasteiger partial charge in [-0.3, -0.25) is 4.90 Å². The molecule has 0 bridgehead atoms. The van der Waals surface area contributed by atoms with E-state index in [1.54, 1.807) is 0 Å². The van der Waals surface area contributed by atoms with Gasteiger partial charge in [0.05, 0.1) is 5.52 Å². The highest BCUT2D eigenvalue weighted by Crippen LogP contribution is 2.23. The number of pyridine rings is 1. The summed E-state index contributed by atoms with van der Waals surface area (Å²) in [6.45, 7) is 8.77. The predicted octanol–water partition coefficient (Wildman–Crippen LogP) is 5.29. The molecule has 0 fully saturated rings. The van der Waals surface area contributed by atoms with Crippen molar-refractivity contribution in [3.05, 3.63) is 41.0 Å². The zero-order chi connectivity index (χ0) is 15.2. The minimum absolute atomic E-state index is 0.569. The normalized spacial score (nSPS) is 13.0. The molecule has 0 radical (unpaired) electrons. The Morgan fingerprint density at radius 3 is 2.71 bits per heavy atom. The van der Waals surface area contributed by atoms with Crippen LogP contribution in [0.2, 0.25) is 5.15 Å². The molecule has 0 aliphatic rings. The first-order chi connectivity index (χ1) is 10.2. The molecule has 0 aliphatic heterocycles. The third kappa shape index (κ3) is 4.18. The number of fused-ring (bicyclic) bond motifs is 1. The van der Waals surface area contributed by atoms with Crippen molar-refractivity contribution in [3.63, 3.8) is 0 Å². The van der Waals surface area contributed by atoms with Crippen molar-refractivity contribution in [1.82, 2.24) is 9.88 Å². The van der Waals surface area contributed by atoms with Gasteiger partial charge in [0.1, 0.15) is 5.15 Å². The second-order valence-electron chi connectivity index (χ2n) is 5.71. The average molecular weight is 305 g/mol. The standard InChI is InChI=1S/C18H25ClN2/c1-4-6-11-21(14(3)5-2)13-16-12-15-9-7-8-10-17(15)20-18(16)19/h7-10,12,14H,4-6,11,13H2,1-3H3. The van der Waals surface area contributed by atoms with Crippen LogP contribution in [0.4, 0.5) is 0 Å². The van der Waals surface area contributed by atoms with Crippen molar-refractivity contribution < 1.29 is 0 Å². The fraction of sp³-hybridized carbons (Fsp3) is 0.500. The third-order valence-corrected chi connectivity index (χ3v) is 4.46. The molecule has 3 heteroatoms. The molecule has 2 rings (SSSR count). The molecule has 0 aliphatic carbocycles. The Labute approximate surface area is 133 Å². The molecule has 0 N–H and O–H groups in total. The van der Waals surface area contributed by atoms with Crippen LogP contribution in [-0.4, -0.2) is 22.5 Å². The molecule has 0 amide bonds. The van der Waals surface area contributed by atoms with Crippen molar-refractivity contribution in [2.24, 2.45) is 0 Å². The largest absolute Gasteiger partial charge is 0.296 e. The van der Waals surface area contributed by atoms with Gasteiger partial charge >= 0.3 is 0 Å².